The molecule has 0 unspecified atom stereocenters. The van der Waals surface area contributed by atoms with Crippen molar-refractivity contribution in [1.82, 2.24) is 29.1 Å². The zero-order valence-corrected chi connectivity index (χ0v) is 41.9. The predicted octanol–water partition coefficient (Wildman–Crippen LogP) is 15.3. The van der Waals surface area contributed by atoms with Gasteiger partial charge in [-0.3, -0.25) is 0 Å². The van der Waals surface area contributed by atoms with Crippen LogP contribution in [0.15, 0.2) is 122 Å². The summed E-state index contributed by atoms with van der Waals surface area (Å²) in [4.78, 5) is 16.9. The van der Waals surface area contributed by atoms with E-state index in [4.69, 9.17) is 34.4 Å². The first-order valence-electron chi connectivity index (χ1n) is 19.4. The van der Waals surface area contributed by atoms with Gasteiger partial charge in [0.1, 0.15) is 35.6 Å². The van der Waals surface area contributed by atoms with Gasteiger partial charge in [-0.15, -0.1) is 22.7 Å². The summed E-state index contributed by atoms with van der Waals surface area (Å²) in [6, 6.07) is 22.9. The van der Waals surface area contributed by atoms with Gasteiger partial charge in [-0.2, -0.15) is 35.1 Å². The Labute approximate surface area is 430 Å². The molecule has 0 aliphatic heterocycles. The largest absolute Gasteiger partial charge is 0.699 e. The van der Waals surface area contributed by atoms with Crippen LogP contribution in [0.4, 0.5) is 69.5 Å². The first-order valence-corrected chi connectivity index (χ1v) is 19.4. The van der Waals surface area contributed by atoms with Gasteiger partial charge in [0.25, 0.3) is 0 Å². The SMILES string of the molecule is CC(C)n1cc(-c2ccc([NH-])cc2)c2c(N)ncnc21.CC(C)n1cc(-c2ccc([NH-])cc2)c2c(N)ncnc21.[NH-]c1cccc(C(F)(F)C(F)(F)F)c1.[NH-]c1cccc(C(F)(F)F)c1.[Y].[Y]. The number of benzene rings is 4. The van der Waals surface area contributed by atoms with Crippen LogP contribution in [0.1, 0.15) is 50.9 Å². The number of nitrogens with one attached hydrogen (secondary N) is 4. The van der Waals surface area contributed by atoms with Gasteiger partial charge >= 0.3 is 18.3 Å². The van der Waals surface area contributed by atoms with E-state index >= 15 is 0 Å². The van der Waals surface area contributed by atoms with E-state index in [1.807, 2.05) is 24.3 Å². The standard InChI is InChI=1S/2C15H16N5.C8H5F5N.C7H5F3N.2Y/c2*1-9(2)20-7-12(10-3-5-11(16)6-4-10)13-14(17)18-8-19-15(13)20;9-7(10,8(11,12)13)5-2-1-3-6(14)4-5;8-7(9,10)5-2-1-3-6(11)4-5;;/h2*3-9,16H,1-2H3,(H2,17,18,19);1-4,14H;1-4,11H;;/q4*-1;;. The van der Waals surface area contributed by atoms with E-state index in [1.54, 1.807) is 24.3 Å². The summed E-state index contributed by atoms with van der Waals surface area (Å²) < 4.78 is 101. The Kier molecular flexibility index (Phi) is 19.2. The number of hydrogen-bond donors (Lipinski definition) is 2. The molecule has 12 nitrogen and oxygen atoms in total. The maximum atomic E-state index is 12.6. The van der Waals surface area contributed by atoms with Crippen molar-refractivity contribution in [3.05, 3.63) is 156 Å². The molecule has 22 heteroatoms. The number of anilines is 2. The Bertz CT molecular complexity index is 2730. The van der Waals surface area contributed by atoms with Crippen LogP contribution in [0.2, 0.25) is 0 Å². The second-order valence-corrected chi connectivity index (χ2v) is 14.9. The van der Waals surface area contributed by atoms with Crippen molar-refractivity contribution >= 4 is 56.5 Å². The summed E-state index contributed by atoms with van der Waals surface area (Å²) >= 11 is 0. The van der Waals surface area contributed by atoms with E-state index in [0.29, 0.717) is 35.1 Å². The molecule has 2 radical (unpaired) electrons. The quantitative estimate of drug-likeness (QED) is 0.160. The van der Waals surface area contributed by atoms with Gasteiger partial charge in [0.05, 0.1) is 16.3 Å². The molecule has 348 valence electrons. The smallest absolute Gasteiger partial charge is 0.458 e. The molecule has 0 amide bonds. The number of halogens is 8. The number of nitrogens with two attached hydrogens (primary N) is 2. The molecule has 4 aromatic carbocycles. The molecule has 8 N–H and O–H groups in total. The Hall–Kier alpha value is -5.43. The summed E-state index contributed by atoms with van der Waals surface area (Å²) in [6.45, 7) is 8.42. The van der Waals surface area contributed by atoms with Gasteiger partial charge in [0, 0.05) is 107 Å². The average molecular weight is 1080 g/mol. The van der Waals surface area contributed by atoms with Crippen molar-refractivity contribution in [3.8, 4) is 22.3 Å². The van der Waals surface area contributed by atoms with Crippen LogP contribution in [0.3, 0.4) is 0 Å². The third-order valence-corrected chi connectivity index (χ3v) is 9.55. The summed E-state index contributed by atoms with van der Waals surface area (Å²) in [5.74, 6) is -3.93. The average Bonchev–Trinajstić information content (AvgIpc) is 3.83. The van der Waals surface area contributed by atoms with Crippen LogP contribution in [-0.4, -0.2) is 35.2 Å². The Morgan fingerprint density at radius 2 is 0.851 bits per heavy atom. The van der Waals surface area contributed by atoms with Gasteiger partial charge < -0.3 is 43.5 Å². The van der Waals surface area contributed by atoms with Crippen molar-refractivity contribution in [2.24, 2.45) is 0 Å². The molecule has 8 rings (SSSR count). The molecule has 0 saturated heterocycles. The zero-order chi connectivity index (χ0) is 48.0. The van der Waals surface area contributed by atoms with Gasteiger partial charge in [-0.1, -0.05) is 97.1 Å². The van der Waals surface area contributed by atoms with Gasteiger partial charge in [0.15, 0.2) is 0 Å². The number of aromatic nitrogens is 6. The minimum Gasteiger partial charge on any atom is -0.699 e. The van der Waals surface area contributed by atoms with E-state index in [0.717, 1.165) is 68.6 Å². The molecule has 4 aromatic heterocycles. The van der Waals surface area contributed by atoms with Crippen LogP contribution < -0.4 is 11.5 Å². The van der Waals surface area contributed by atoms with Crippen molar-refractivity contribution in [2.75, 3.05) is 11.5 Å². The van der Waals surface area contributed by atoms with Crippen LogP contribution in [0, 0.1) is 0 Å². The fraction of sp³-hybridized carbons (Fsp3) is 0.200. The molecule has 8 aromatic rings. The Morgan fingerprint density at radius 1 is 0.493 bits per heavy atom. The minimum absolute atomic E-state index is 0. The number of nitrogen functional groups attached to an aromatic ring is 2. The minimum atomic E-state index is -5.62. The normalized spacial score (nSPS) is 11.4. The maximum Gasteiger partial charge on any atom is 0.458 e. The van der Waals surface area contributed by atoms with Gasteiger partial charge in [0.2, 0.25) is 0 Å². The molecular weight excluding hydrogens is 1040 g/mol. The third kappa shape index (κ3) is 13.6. The molecule has 67 heavy (non-hydrogen) atoms. The van der Waals surface area contributed by atoms with Gasteiger partial charge in [-0.05, 0) is 38.8 Å². The molecule has 0 aliphatic carbocycles. The summed E-state index contributed by atoms with van der Waals surface area (Å²) in [7, 11) is 0. The molecule has 0 saturated carbocycles. The number of fused-ring (bicyclic) bond motifs is 2. The van der Waals surface area contributed by atoms with Crippen molar-refractivity contribution in [3.63, 3.8) is 0 Å². The second-order valence-electron chi connectivity index (χ2n) is 14.9. The third-order valence-electron chi connectivity index (χ3n) is 9.55. The Balaban J connectivity index is 0.000000241. The summed E-state index contributed by atoms with van der Waals surface area (Å²) in [5.41, 5.74) is 45.3. The molecule has 0 fully saturated rings. The summed E-state index contributed by atoms with van der Waals surface area (Å²) in [6.07, 6.45) is -2.86. The fourth-order valence-corrected chi connectivity index (χ4v) is 6.32. The van der Waals surface area contributed by atoms with Crippen LogP contribution in [0.25, 0.3) is 67.3 Å². The monoisotopic (exact) mass is 1080 g/mol. The fourth-order valence-electron chi connectivity index (χ4n) is 6.32. The van der Waals surface area contributed by atoms with E-state index in [-0.39, 0.29) is 88.9 Å². The first kappa shape index (κ1) is 55.9. The van der Waals surface area contributed by atoms with Gasteiger partial charge in [-0.25, -0.2) is 19.9 Å². The number of rotatable bonds is 5. The number of alkyl halides is 8. The molecule has 0 bridgehead atoms. The van der Waals surface area contributed by atoms with Crippen LogP contribution >= 0.6 is 0 Å². The predicted molar refractivity (Wildman–Crippen MR) is 239 cm³/mol. The zero-order valence-electron chi connectivity index (χ0n) is 36.2. The van der Waals surface area contributed by atoms with Crippen LogP contribution in [0.5, 0.6) is 0 Å². The topological polar surface area (TPSA) is 209 Å². The Morgan fingerprint density at radius 3 is 1.16 bits per heavy atom. The van der Waals surface area contributed by atoms with Crippen molar-refractivity contribution < 1.29 is 101 Å². The number of nitrogens with zero attached hydrogens (tertiary/aromatic N) is 6. The molecule has 4 heterocycles. The molecule has 0 spiro atoms. The number of hydrogen-bond acceptors (Lipinski definition) is 6. The van der Waals surface area contributed by atoms with E-state index in [9.17, 15) is 35.1 Å². The van der Waals surface area contributed by atoms with Crippen molar-refractivity contribution in [1.29, 1.82) is 0 Å². The molecule has 0 atom stereocenters. The van der Waals surface area contributed by atoms with Crippen molar-refractivity contribution in [2.45, 2.75) is 58.1 Å². The summed E-state index contributed by atoms with van der Waals surface area (Å²) in [5, 5.41) is 1.75. The molecular formula is C45H42F8N12Y2-4. The van der Waals surface area contributed by atoms with E-state index in [2.05, 4.69) is 69.2 Å². The van der Waals surface area contributed by atoms with E-state index in [1.165, 1.54) is 24.8 Å². The van der Waals surface area contributed by atoms with Crippen LogP contribution in [-0.2, 0) is 77.5 Å². The van der Waals surface area contributed by atoms with E-state index < -0.39 is 29.4 Å². The molecule has 0 aliphatic rings. The second kappa shape index (κ2) is 23.0. The maximum absolute atomic E-state index is 12.6. The first-order chi connectivity index (χ1) is 30.4.